The Labute approximate surface area is 198 Å². The van der Waals surface area contributed by atoms with E-state index in [1.165, 1.54) is 24.8 Å². The number of aromatic nitrogens is 3. The lowest BCUT2D eigenvalue weighted by Crippen LogP contribution is -2.38. The highest BCUT2D eigenvalue weighted by molar-refractivity contribution is 14.0. The minimum absolute atomic E-state index is 0. The van der Waals surface area contributed by atoms with Crippen molar-refractivity contribution in [2.45, 2.75) is 66.0 Å². The van der Waals surface area contributed by atoms with Gasteiger partial charge >= 0.3 is 0 Å². The first-order chi connectivity index (χ1) is 14.2. The largest absolute Gasteiger partial charge is 0.493 e. The molecule has 0 aliphatic rings. The number of nitrogens with zero attached hydrogens (tertiary/aromatic N) is 4. The van der Waals surface area contributed by atoms with Gasteiger partial charge in [0.15, 0.2) is 5.96 Å². The first kappa shape index (κ1) is 26.2. The monoisotopic (exact) mass is 528 g/mol. The predicted molar refractivity (Wildman–Crippen MR) is 134 cm³/mol. The van der Waals surface area contributed by atoms with E-state index in [0.29, 0.717) is 6.54 Å². The number of aliphatic imine (C=N–C) groups is 1. The summed E-state index contributed by atoms with van der Waals surface area (Å²) in [4.78, 5) is 4.32. The van der Waals surface area contributed by atoms with Crippen molar-refractivity contribution in [2.75, 3.05) is 20.2 Å². The highest BCUT2D eigenvalue weighted by Gasteiger charge is 2.07. The zero-order valence-corrected chi connectivity index (χ0v) is 21.1. The van der Waals surface area contributed by atoms with Crippen LogP contribution in [0.3, 0.4) is 0 Å². The smallest absolute Gasteiger partial charge is 0.191 e. The molecule has 7 nitrogen and oxygen atoms in total. The Bertz CT molecular complexity index is 762. The Balaban J connectivity index is 0.00000450. The van der Waals surface area contributed by atoms with Gasteiger partial charge in [-0.05, 0) is 25.0 Å². The molecule has 1 aromatic carbocycles. The molecule has 2 N–H and O–H groups in total. The second kappa shape index (κ2) is 15.0. The first-order valence-electron chi connectivity index (χ1n) is 10.7. The molecule has 0 aliphatic heterocycles. The Morgan fingerprint density at radius 2 is 2.00 bits per heavy atom. The van der Waals surface area contributed by atoms with E-state index in [0.717, 1.165) is 55.6 Å². The normalized spacial score (nSPS) is 11.1. The zero-order valence-electron chi connectivity index (χ0n) is 18.8. The molecule has 0 atom stereocenters. The van der Waals surface area contributed by atoms with Crippen molar-refractivity contribution in [3.05, 3.63) is 41.5 Å². The summed E-state index contributed by atoms with van der Waals surface area (Å²) >= 11 is 0. The number of hydrogen-bond donors (Lipinski definition) is 2. The van der Waals surface area contributed by atoms with E-state index >= 15 is 0 Å². The third kappa shape index (κ3) is 8.89. The average Bonchev–Trinajstić information content (AvgIpc) is 3.19. The molecule has 0 fully saturated rings. The van der Waals surface area contributed by atoms with E-state index < -0.39 is 0 Å². The molecule has 0 amide bonds. The lowest BCUT2D eigenvalue weighted by Gasteiger charge is -2.16. The fourth-order valence-corrected chi connectivity index (χ4v) is 3.09. The molecule has 30 heavy (non-hydrogen) atoms. The molecule has 0 bridgehead atoms. The topological polar surface area (TPSA) is 76.4 Å². The van der Waals surface area contributed by atoms with E-state index in [2.05, 4.69) is 69.4 Å². The average molecular weight is 528 g/mol. The number of ether oxygens (including phenoxy) is 1. The fraction of sp³-hybridized carbons (Fsp3) is 0.591. The lowest BCUT2D eigenvalue weighted by atomic mass is 10.1. The van der Waals surface area contributed by atoms with Crippen LogP contribution < -0.4 is 15.4 Å². The van der Waals surface area contributed by atoms with Gasteiger partial charge in [0.2, 0.25) is 0 Å². The van der Waals surface area contributed by atoms with Crippen LogP contribution in [0, 0.1) is 6.92 Å². The minimum Gasteiger partial charge on any atom is -0.493 e. The summed E-state index contributed by atoms with van der Waals surface area (Å²) in [5, 5.41) is 14.8. The molecule has 2 rings (SSSR count). The first-order valence-corrected chi connectivity index (χ1v) is 10.7. The molecule has 168 valence electrons. The zero-order chi connectivity index (χ0) is 20.9. The van der Waals surface area contributed by atoms with E-state index in [1.807, 2.05) is 0 Å². The van der Waals surface area contributed by atoms with Gasteiger partial charge in [0.25, 0.3) is 0 Å². The summed E-state index contributed by atoms with van der Waals surface area (Å²) in [7, 11) is 1.78. The van der Waals surface area contributed by atoms with Crippen molar-refractivity contribution in [3.63, 3.8) is 0 Å². The summed E-state index contributed by atoms with van der Waals surface area (Å²) < 4.78 is 8.13. The van der Waals surface area contributed by atoms with Gasteiger partial charge in [-0.1, -0.05) is 45.2 Å². The number of halogens is 1. The molecule has 0 unspecified atom stereocenters. The van der Waals surface area contributed by atoms with E-state index in [4.69, 9.17) is 4.74 Å². The molecule has 1 heterocycles. The molecule has 0 radical (unpaired) electrons. The molecular formula is C22H37IN6O. The van der Waals surface area contributed by atoms with Gasteiger partial charge in [0.1, 0.15) is 17.9 Å². The second-order valence-electron chi connectivity index (χ2n) is 7.17. The molecular weight excluding hydrogens is 491 g/mol. The quantitative estimate of drug-likeness (QED) is 0.188. The third-order valence-corrected chi connectivity index (χ3v) is 4.81. The lowest BCUT2D eigenvalue weighted by molar-refractivity contribution is 0.301. The molecule has 0 aliphatic carbocycles. The van der Waals surface area contributed by atoms with E-state index in [1.54, 1.807) is 13.4 Å². The van der Waals surface area contributed by atoms with Crippen molar-refractivity contribution in [1.29, 1.82) is 0 Å². The van der Waals surface area contributed by atoms with Crippen LogP contribution in [0.5, 0.6) is 5.75 Å². The maximum absolute atomic E-state index is 6.07. The van der Waals surface area contributed by atoms with Crippen LogP contribution in [0.2, 0.25) is 0 Å². The molecule has 0 saturated heterocycles. The predicted octanol–water partition coefficient (Wildman–Crippen LogP) is 4.09. The summed E-state index contributed by atoms with van der Waals surface area (Å²) in [5.41, 5.74) is 2.35. The van der Waals surface area contributed by atoms with Gasteiger partial charge in [-0.25, -0.2) is 0 Å². The Morgan fingerprint density at radius 3 is 2.73 bits per heavy atom. The maximum Gasteiger partial charge on any atom is 0.191 e. The summed E-state index contributed by atoms with van der Waals surface area (Å²) in [5.74, 6) is 2.72. The number of benzene rings is 1. The van der Waals surface area contributed by atoms with Crippen LogP contribution in [0.25, 0.3) is 0 Å². The van der Waals surface area contributed by atoms with Crippen molar-refractivity contribution in [3.8, 4) is 5.75 Å². The van der Waals surface area contributed by atoms with Crippen LogP contribution in [-0.2, 0) is 19.5 Å². The second-order valence-corrected chi connectivity index (χ2v) is 7.17. The summed E-state index contributed by atoms with van der Waals surface area (Å²) in [6.07, 6.45) is 7.47. The Kier molecular flexibility index (Phi) is 13.1. The van der Waals surface area contributed by atoms with E-state index in [9.17, 15) is 0 Å². The summed E-state index contributed by atoms with van der Waals surface area (Å²) in [6.45, 7) is 9.38. The molecule has 8 heteroatoms. The molecule has 0 saturated carbocycles. The number of hydrogen-bond acceptors (Lipinski definition) is 4. The number of unbranched alkanes of at least 4 members (excludes halogenated alkanes) is 3. The number of aryl methyl sites for hydroxylation is 2. The number of nitrogens with one attached hydrogen (secondary N) is 2. The van der Waals surface area contributed by atoms with Crippen LogP contribution in [0.1, 0.15) is 56.5 Å². The van der Waals surface area contributed by atoms with Crippen molar-refractivity contribution >= 4 is 29.9 Å². The molecule has 2 aromatic rings. The molecule has 0 spiro atoms. The van der Waals surface area contributed by atoms with Crippen LogP contribution in [0.15, 0.2) is 29.5 Å². The number of rotatable bonds is 12. The van der Waals surface area contributed by atoms with Gasteiger partial charge in [-0.2, -0.15) is 0 Å². The number of guanidine groups is 1. The highest BCUT2D eigenvalue weighted by atomic mass is 127. The minimum atomic E-state index is 0. The Hall–Kier alpha value is -1.84. The highest BCUT2D eigenvalue weighted by Crippen LogP contribution is 2.20. The van der Waals surface area contributed by atoms with Gasteiger partial charge < -0.3 is 19.9 Å². The summed E-state index contributed by atoms with van der Waals surface area (Å²) in [6, 6.07) is 6.36. The van der Waals surface area contributed by atoms with Gasteiger partial charge in [-0.3, -0.25) is 4.99 Å². The van der Waals surface area contributed by atoms with Crippen molar-refractivity contribution < 1.29 is 4.74 Å². The van der Waals surface area contributed by atoms with Crippen LogP contribution in [0.4, 0.5) is 0 Å². The van der Waals surface area contributed by atoms with Gasteiger partial charge in [-0.15, -0.1) is 34.2 Å². The van der Waals surface area contributed by atoms with Gasteiger partial charge in [0.05, 0.1) is 6.61 Å². The Morgan fingerprint density at radius 1 is 1.17 bits per heavy atom. The van der Waals surface area contributed by atoms with Crippen LogP contribution in [-0.4, -0.2) is 40.9 Å². The molecule has 1 aromatic heterocycles. The van der Waals surface area contributed by atoms with Crippen molar-refractivity contribution in [2.24, 2.45) is 4.99 Å². The van der Waals surface area contributed by atoms with Crippen molar-refractivity contribution in [1.82, 2.24) is 25.4 Å². The maximum atomic E-state index is 6.07. The standard InChI is InChI=1S/C22H36N6O.HI/c1-5-7-8-9-14-29-20-15-18(3)10-11-19(20)16-25-22(23-4)24-12-13-28-17-26-27-21(28)6-2;/h10-11,15,17H,5-9,12-14,16H2,1-4H3,(H2,23,24,25);1H. The third-order valence-electron chi connectivity index (χ3n) is 4.81. The fourth-order valence-electron chi connectivity index (χ4n) is 3.09. The van der Waals surface area contributed by atoms with Gasteiger partial charge in [0, 0.05) is 38.7 Å². The van der Waals surface area contributed by atoms with E-state index in [-0.39, 0.29) is 24.0 Å². The SMILES string of the molecule is CCCCCCOc1cc(C)ccc1CNC(=NC)NCCn1cnnc1CC.I. The van der Waals surface area contributed by atoms with Crippen LogP contribution >= 0.6 is 24.0 Å².